The summed E-state index contributed by atoms with van der Waals surface area (Å²) >= 11 is 0. The van der Waals surface area contributed by atoms with Gasteiger partial charge in [-0.25, -0.2) is 0 Å². The average molecular weight is 232 g/mol. The number of pyridine rings is 1. The molecule has 1 amide bonds. The Bertz CT molecular complexity index is 414. The Morgan fingerprint density at radius 2 is 2.24 bits per heavy atom. The molecule has 0 aliphatic heterocycles. The number of carbonyl (C=O) groups is 1. The molecule has 17 heavy (non-hydrogen) atoms. The van der Waals surface area contributed by atoms with Gasteiger partial charge in [0, 0.05) is 13.2 Å². The summed E-state index contributed by atoms with van der Waals surface area (Å²) in [6, 6.07) is 3.99. The number of hydrogen-bond donors (Lipinski definition) is 1. The van der Waals surface area contributed by atoms with Gasteiger partial charge in [-0.2, -0.15) is 0 Å². The Morgan fingerprint density at radius 1 is 1.47 bits per heavy atom. The predicted molar refractivity (Wildman–Crippen MR) is 67.9 cm³/mol. The molecular weight excluding hydrogens is 212 g/mol. The fourth-order valence-corrected chi connectivity index (χ4v) is 2.67. The van der Waals surface area contributed by atoms with Crippen molar-refractivity contribution in [1.82, 2.24) is 10.3 Å². The van der Waals surface area contributed by atoms with Crippen LogP contribution in [0.25, 0.3) is 0 Å². The molecule has 2 atom stereocenters. The van der Waals surface area contributed by atoms with E-state index in [0.717, 1.165) is 5.92 Å². The quantitative estimate of drug-likeness (QED) is 0.870. The molecule has 1 heterocycles. The van der Waals surface area contributed by atoms with E-state index in [9.17, 15) is 4.79 Å². The van der Waals surface area contributed by atoms with E-state index in [4.69, 9.17) is 0 Å². The second-order valence-electron chi connectivity index (χ2n) is 5.15. The zero-order valence-electron chi connectivity index (χ0n) is 10.7. The van der Waals surface area contributed by atoms with Crippen molar-refractivity contribution in [3.63, 3.8) is 0 Å². The van der Waals surface area contributed by atoms with Gasteiger partial charge in [0.1, 0.15) is 5.69 Å². The van der Waals surface area contributed by atoms with Crippen LogP contribution in [-0.4, -0.2) is 17.9 Å². The molecule has 0 spiro atoms. The van der Waals surface area contributed by atoms with Crippen molar-refractivity contribution in [3.8, 4) is 0 Å². The Kier molecular flexibility index (Phi) is 3.46. The van der Waals surface area contributed by atoms with E-state index >= 15 is 0 Å². The number of nitrogens with one attached hydrogen (secondary N) is 1. The van der Waals surface area contributed by atoms with Crippen molar-refractivity contribution in [2.45, 2.75) is 32.6 Å². The first-order valence-electron chi connectivity index (χ1n) is 6.31. The van der Waals surface area contributed by atoms with E-state index in [1.807, 2.05) is 12.1 Å². The van der Waals surface area contributed by atoms with Crippen LogP contribution in [-0.2, 0) is 0 Å². The smallest absolute Gasteiger partial charge is 0.269 e. The third-order valence-electron chi connectivity index (χ3n) is 3.86. The van der Waals surface area contributed by atoms with Crippen LogP contribution in [0, 0.1) is 11.8 Å². The maximum atomic E-state index is 11.5. The number of amides is 1. The first-order valence-corrected chi connectivity index (χ1v) is 6.31. The molecule has 0 radical (unpaired) electrons. The zero-order chi connectivity index (χ0) is 12.4. The lowest BCUT2D eigenvalue weighted by atomic mass is 9.65. The summed E-state index contributed by atoms with van der Waals surface area (Å²) in [4.78, 5) is 15.6. The number of nitrogens with zero attached hydrogens (tertiary/aromatic N) is 1. The van der Waals surface area contributed by atoms with Crippen molar-refractivity contribution in [1.29, 1.82) is 0 Å². The molecular formula is C14H20N2O. The Morgan fingerprint density at radius 3 is 2.76 bits per heavy atom. The normalized spacial score (nSPS) is 23.3. The van der Waals surface area contributed by atoms with E-state index in [1.165, 1.54) is 18.4 Å². The number of carbonyl (C=O) groups excluding carboxylic acids is 1. The Labute approximate surface area is 103 Å². The summed E-state index contributed by atoms with van der Waals surface area (Å²) in [5.74, 6) is 1.98. The molecule has 1 N–H and O–H groups in total. The topological polar surface area (TPSA) is 42.0 Å². The fraction of sp³-hybridized carbons (Fsp3) is 0.571. The molecule has 92 valence electrons. The lowest BCUT2D eigenvalue weighted by molar-refractivity contribution is 0.0957. The lowest BCUT2D eigenvalue weighted by Crippen LogP contribution is -2.28. The van der Waals surface area contributed by atoms with Crippen LogP contribution in [0.2, 0.25) is 0 Å². The number of rotatable bonds is 3. The summed E-state index contributed by atoms with van der Waals surface area (Å²) in [5.41, 5.74) is 1.79. The maximum Gasteiger partial charge on any atom is 0.269 e. The number of hydrogen-bond acceptors (Lipinski definition) is 2. The van der Waals surface area contributed by atoms with Crippen LogP contribution in [0.5, 0.6) is 0 Å². The van der Waals surface area contributed by atoms with Crippen molar-refractivity contribution < 1.29 is 4.79 Å². The van der Waals surface area contributed by atoms with Crippen molar-refractivity contribution in [2.75, 3.05) is 7.05 Å². The standard InChI is InChI=1S/C14H20N2O/c1-9(2)11-4-5-12(11)10-6-7-16-13(8-10)14(17)15-3/h6-9,11-12H,4-5H2,1-3H3,(H,15,17). The van der Waals surface area contributed by atoms with Crippen LogP contribution in [0.3, 0.4) is 0 Å². The molecule has 0 aromatic carbocycles. The van der Waals surface area contributed by atoms with Crippen LogP contribution in [0.15, 0.2) is 18.3 Å². The molecule has 1 saturated carbocycles. The first kappa shape index (κ1) is 12.1. The third-order valence-corrected chi connectivity index (χ3v) is 3.86. The fourth-order valence-electron chi connectivity index (χ4n) is 2.67. The first-order chi connectivity index (χ1) is 8.13. The second-order valence-corrected chi connectivity index (χ2v) is 5.15. The van der Waals surface area contributed by atoms with Gasteiger partial charge in [0.2, 0.25) is 0 Å². The summed E-state index contributed by atoms with van der Waals surface area (Å²) < 4.78 is 0. The average Bonchev–Trinajstić information content (AvgIpc) is 2.26. The van der Waals surface area contributed by atoms with E-state index in [0.29, 0.717) is 17.5 Å². The maximum absolute atomic E-state index is 11.5. The minimum atomic E-state index is -0.104. The van der Waals surface area contributed by atoms with E-state index < -0.39 is 0 Å². The minimum absolute atomic E-state index is 0.104. The molecule has 1 fully saturated rings. The van der Waals surface area contributed by atoms with Gasteiger partial charge in [0.25, 0.3) is 5.91 Å². The van der Waals surface area contributed by atoms with Crippen molar-refractivity contribution in [3.05, 3.63) is 29.6 Å². The van der Waals surface area contributed by atoms with E-state index in [1.54, 1.807) is 13.2 Å². The Hall–Kier alpha value is -1.38. The molecule has 2 rings (SSSR count). The highest BCUT2D eigenvalue weighted by Gasteiger charge is 2.34. The van der Waals surface area contributed by atoms with Crippen molar-refractivity contribution >= 4 is 5.91 Å². The molecule has 2 unspecified atom stereocenters. The molecule has 1 aliphatic rings. The largest absolute Gasteiger partial charge is 0.354 e. The predicted octanol–water partition coefficient (Wildman–Crippen LogP) is 2.59. The summed E-state index contributed by atoms with van der Waals surface area (Å²) in [6.45, 7) is 4.55. The minimum Gasteiger partial charge on any atom is -0.354 e. The van der Waals surface area contributed by atoms with E-state index in [2.05, 4.69) is 24.1 Å². The summed E-state index contributed by atoms with van der Waals surface area (Å²) in [7, 11) is 1.64. The SMILES string of the molecule is CNC(=O)c1cc(C2CCC2C(C)C)ccn1. The van der Waals surface area contributed by atoms with Crippen LogP contribution >= 0.6 is 0 Å². The highest BCUT2D eigenvalue weighted by molar-refractivity contribution is 5.92. The van der Waals surface area contributed by atoms with Crippen molar-refractivity contribution in [2.24, 2.45) is 11.8 Å². The molecule has 1 aliphatic carbocycles. The van der Waals surface area contributed by atoms with Gasteiger partial charge in [-0.15, -0.1) is 0 Å². The summed E-state index contributed by atoms with van der Waals surface area (Å²) in [6.07, 6.45) is 4.29. The van der Waals surface area contributed by atoms with Gasteiger partial charge in [-0.1, -0.05) is 13.8 Å². The Balaban J connectivity index is 2.19. The molecule has 3 heteroatoms. The van der Waals surface area contributed by atoms with Crippen LogP contribution in [0.1, 0.15) is 48.7 Å². The monoisotopic (exact) mass is 232 g/mol. The van der Waals surface area contributed by atoms with Gasteiger partial charge >= 0.3 is 0 Å². The molecule has 0 saturated heterocycles. The molecule has 1 aromatic rings. The molecule has 0 bridgehead atoms. The van der Waals surface area contributed by atoms with Gasteiger partial charge in [0.05, 0.1) is 0 Å². The van der Waals surface area contributed by atoms with E-state index in [-0.39, 0.29) is 5.91 Å². The molecule has 1 aromatic heterocycles. The van der Waals surface area contributed by atoms with Crippen LogP contribution < -0.4 is 5.32 Å². The van der Waals surface area contributed by atoms with Gasteiger partial charge in [-0.05, 0) is 48.3 Å². The van der Waals surface area contributed by atoms with Gasteiger partial charge in [0.15, 0.2) is 0 Å². The zero-order valence-corrected chi connectivity index (χ0v) is 10.7. The lowest BCUT2D eigenvalue weighted by Gasteiger charge is -2.40. The van der Waals surface area contributed by atoms with Gasteiger partial charge in [-0.3, -0.25) is 9.78 Å². The second kappa shape index (κ2) is 4.86. The highest BCUT2D eigenvalue weighted by Crippen LogP contribution is 2.46. The third kappa shape index (κ3) is 2.33. The van der Waals surface area contributed by atoms with Crippen LogP contribution in [0.4, 0.5) is 0 Å². The number of aromatic nitrogens is 1. The highest BCUT2D eigenvalue weighted by atomic mass is 16.1. The van der Waals surface area contributed by atoms with Gasteiger partial charge < -0.3 is 5.32 Å². The summed E-state index contributed by atoms with van der Waals surface area (Å²) in [5, 5.41) is 2.62. The molecule has 3 nitrogen and oxygen atoms in total.